The van der Waals surface area contributed by atoms with Crippen molar-refractivity contribution in [3.8, 4) is 0 Å². The summed E-state index contributed by atoms with van der Waals surface area (Å²) >= 11 is 1.80. The Labute approximate surface area is 149 Å². The van der Waals surface area contributed by atoms with Crippen molar-refractivity contribution in [1.82, 2.24) is 15.5 Å². The maximum atomic E-state index is 4.30. The molecule has 1 aliphatic heterocycles. The van der Waals surface area contributed by atoms with E-state index in [0.29, 0.717) is 0 Å². The number of nitrogens with zero attached hydrogens (tertiary/aromatic N) is 2. The molecular formula is C15H27IN4S. The molecule has 0 bridgehead atoms. The highest BCUT2D eigenvalue weighted by atomic mass is 127. The minimum absolute atomic E-state index is 0. The smallest absolute Gasteiger partial charge is 0.191 e. The van der Waals surface area contributed by atoms with Gasteiger partial charge in [0.2, 0.25) is 0 Å². The molecule has 0 saturated carbocycles. The van der Waals surface area contributed by atoms with Gasteiger partial charge in [0.25, 0.3) is 0 Å². The number of aryl methyl sites for hydroxylation is 1. The van der Waals surface area contributed by atoms with Crippen LogP contribution in [0.3, 0.4) is 0 Å². The minimum atomic E-state index is 0. The second-order valence-corrected chi connectivity index (χ2v) is 6.38. The molecule has 21 heavy (non-hydrogen) atoms. The van der Waals surface area contributed by atoms with Crippen LogP contribution in [-0.4, -0.2) is 44.1 Å². The summed E-state index contributed by atoms with van der Waals surface area (Å²) in [6.45, 7) is 9.88. The monoisotopic (exact) mass is 422 g/mol. The van der Waals surface area contributed by atoms with Gasteiger partial charge >= 0.3 is 0 Å². The lowest BCUT2D eigenvalue weighted by Gasteiger charge is -2.16. The van der Waals surface area contributed by atoms with Crippen LogP contribution in [0.15, 0.2) is 16.4 Å². The van der Waals surface area contributed by atoms with E-state index in [4.69, 9.17) is 0 Å². The van der Waals surface area contributed by atoms with Gasteiger partial charge in [0.15, 0.2) is 5.96 Å². The SMILES string of the molecule is CCN1CCC(CNC(=NC)NCc2sccc2C)C1.I. The maximum absolute atomic E-state index is 4.30. The number of guanidine groups is 1. The first-order valence-corrected chi connectivity index (χ1v) is 8.30. The summed E-state index contributed by atoms with van der Waals surface area (Å²) in [6.07, 6.45) is 1.29. The van der Waals surface area contributed by atoms with Gasteiger partial charge < -0.3 is 15.5 Å². The Morgan fingerprint density at radius 1 is 1.48 bits per heavy atom. The van der Waals surface area contributed by atoms with Crippen LogP contribution in [0, 0.1) is 12.8 Å². The predicted molar refractivity (Wildman–Crippen MR) is 103 cm³/mol. The molecule has 0 aliphatic carbocycles. The molecule has 0 aromatic carbocycles. The van der Waals surface area contributed by atoms with Crippen molar-refractivity contribution in [1.29, 1.82) is 0 Å². The van der Waals surface area contributed by atoms with Gasteiger partial charge in [0.1, 0.15) is 0 Å². The molecule has 1 saturated heterocycles. The Morgan fingerprint density at radius 2 is 2.29 bits per heavy atom. The highest BCUT2D eigenvalue weighted by Crippen LogP contribution is 2.15. The van der Waals surface area contributed by atoms with E-state index in [1.165, 1.54) is 36.5 Å². The van der Waals surface area contributed by atoms with Crippen molar-refractivity contribution in [3.63, 3.8) is 0 Å². The molecule has 1 unspecified atom stereocenters. The van der Waals surface area contributed by atoms with Crippen LogP contribution in [0.1, 0.15) is 23.8 Å². The van der Waals surface area contributed by atoms with Crippen LogP contribution >= 0.6 is 35.3 Å². The number of hydrogen-bond acceptors (Lipinski definition) is 3. The van der Waals surface area contributed by atoms with Gasteiger partial charge in [0.05, 0.1) is 6.54 Å². The minimum Gasteiger partial charge on any atom is -0.356 e. The molecule has 0 radical (unpaired) electrons. The molecule has 1 fully saturated rings. The lowest BCUT2D eigenvalue weighted by Crippen LogP contribution is -2.39. The molecule has 1 aliphatic rings. The number of thiophene rings is 1. The maximum Gasteiger partial charge on any atom is 0.191 e. The van der Waals surface area contributed by atoms with Gasteiger partial charge in [-0.2, -0.15) is 0 Å². The van der Waals surface area contributed by atoms with E-state index in [2.05, 4.69) is 45.8 Å². The summed E-state index contributed by atoms with van der Waals surface area (Å²) in [4.78, 5) is 8.19. The zero-order valence-electron chi connectivity index (χ0n) is 13.2. The van der Waals surface area contributed by atoms with Crippen LogP contribution in [-0.2, 0) is 6.54 Å². The van der Waals surface area contributed by atoms with E-state index in [1.54, 1.807) is 11.3 Å². The summed E-state index contributed by atoms with van der Waals surface area (Å²) in [7, 11) is 1.84. The van der Waals surface area contributed by atoms with Crippen molar-refractivity contribution in [2.24, 2.45) is 10.9 Å². The molecule has 1 atom stereocenters. The van der Waals surface area contributed by atoms with E-state index < -0.39 is 0 Å². The fraction of sp³-hybridized carbons (Fsp3) is 0.667. The molecular weight excluding hydrogens is 395 g/mol. The molecule has 2 rings (SSSR count). The van der Waals surface area contributed by atoms with Crippen LogP contribution in [0.25, 0.3) is 0 Å². The standard InChI is InChI=1S/C15H26N4S.HI/c1-4-19-7-5-13(11-19)9-17-15(16-3)18-10-14-12(2)6-8-20-14;/h6,8,13H,4-5,7,9-11H2,1-3H3,(H2,16,17,18);1H. The third kappa shape index (κ3) is 5.75. The van der Waals surface area contributed by atoms with Gasteiger partial charge in [0, 0.05) is 25.0 Å². The highest BCUT2D eigenvalue weighted by Gasteiger charge is 2.20. The van der Waals surface area contributed by atoms with E-state index >= 15 is 0 Å². The molecule has 2 N–H and O–H groups in total. The molecule has 4 nitrogen and oxygen atoms in total. The van der Waals surface area contributed by atoms with Crippen LogP contribution < -0.4 is 10.6 Å². The average Bonchev–Trinajstić information content (AvgIpc) is 3.08. The fourth-order valence-corrected chi connectivity index (χ4v) is 3.42. The predicted octanol–water partition coefficient (Wildman–Crippen LogP) is 2.68. The second kappa shape index (κ2) is 9.63. The van der Waals surface area contributed by atoms with E-state index in [1.807, 2.05) is 7.05 Å². The van der Waals surface area contributed by atoms with Gasteiger partial charge in [-0.3, -0.25) is 4.99 Å². The molecule has 1 aromatic rings. The third-order valence-corrected chi connectivity index (χ3v) is 5.01. The Bertz CT molecular complexity index is 447. The normalized spacial score (nSPS) is 19.4. The summed E-state index contributed by atoms with van der Waals surface area (Å²) in [5, 5.41) is 8.99. The lowest BCUT2D eigenvalue weighted by atomic mass is 10.1. The number of nitrogens with one attached hydrogen (secondary N) is 2. The number of hydrogen-bond donors (Lipinski definition) is 2. The Balaban J connectivity index is 0.00000220. The number of halogens is 1. The van der Waals surface area contributed by atoms with Crippen molar-refractivity contribution in [3.05, 3.63) is 21.9 Å². The Hall–Kier alpha value is -0.340. The third-order valence-electron chi connectivity index (χ3n) is 3.98. The van der Waals surface area contributed by atoms with E-state index in [-0.39, 0.29) is 24.0 Å². The van der Waals surface area contributed by atoms with E-state index in [9.17, 15) is 0 Å². The van der Waals surface area contributed by atoms with Gasteiger partial charge in [-0.25, -0.2) is 0 Å². The molecule has 0 amide bonds. The van der Waals surface area contributed by atoms with Gasteiger partial charge in [-0.05, 0) is 49.4 Å². The van der Waals surface area contributed by atoms with Crippen LogP contribution in [0.4, 0.5) is 0 Å². The summed E-state index contributed by atoms with van der Waals surface area (Å²) in [5.74, 6) is 1.66. The molecule has 6 heteroatoms. The molecule has 0 spiro atoms. The average molecular weight is 422 g/mol. The Morgan fingerprint density at radius 3 is 2.86 bits per heavy atom. The summed E-state index contributed by atoms with van der Waals surface area (Å²) < 4.78 is 0. The molecule has 2 heterocycles. The van der Waals surface area contributed by atoms with Crippen LogP contribution in [0.2, 0.25) is 0 Å². The number of aliphatic imine (C=N–C) groups is 1. The summed E-state index contributed by atoms with van der Waals surface area (Å²) in [6, 6.07) is 2.16. The second-order valence-electron chi connectivity index (χ2n) is 5.38. The largest absolute Gasteiger partial charge is 0.356 e. The first-order chi connectivity index (χ1) is 9.72. The van der Waals surface area contributed by atoms with Crippen molar-refractivity contribution in [2.45, 2.75) is 26.8 Å². The van der Waals surface area contributed by atoms with Gasteiger partial charge in [-0.15, -0.1) is 35.3 Å². The molecule has 1 aromatic heterocycles. The summed E-state index contributed by atoms with van der Waals surface area (Å²) in [5.41, 5.74) is 1.35. The molecule has 120 valence electrons. The van der Waals surface area contributed by atoms with Crippen molar-refractivity contribution >= 4 is 41.3 Å². The number of likely N-dealkylation sites (tertiary alicyclic amines) is 1. The lowest BCUT2D eigenvalue weighted by molar-refractivity contribution is 0.342. The van der Waals surface area contributed by atoms with Gasteiger partial charge in [-0.1, -0.05) is 6.92 Å². The Kier molecular flexibility index (Phi) is 8.58. The van der Waals surface area contributed by atoms with E-state index in [0.717, 1.165) is 25.0 Å². The van der Waals surface area contributed by atoms with Crippen molar-refractivity contribution < 1.29 is 0 Å². The highest BCUT2D eigenvalue weighted by molar-refractivity contribution is 14.0. The zero-order chi connectivity index (χ0) is 14.4. The topological polar surface area (TPSA) is 39.7 Å². The fourth-order valence-electron chi connectivity index (χ4n) is 2.58. The van der Waals surface area contributed by atoms with Crippen molar-refractivity contribution in [2.75, 3.05) is 33.2 Å². The quantitative estimate of drug-likeness (QED) is 0.436. The first-order valence-electron chi connectivity index (χ1n) is 7.42. The van der Waals surface area contributed by atoms with Crippen LogP contribution in [0.5, 0.6) is 0 Å². The zero-order valence-corrected chi connectivity index (χ0v) is 16.3. The first kappa shape index (κ1) is 18.7. The number of rotatable bonds is 5.